The molecule has 8 amide bonds. The van der Waals surface area contributed by atoms with Crippen molar-refractivity contribution >= 4 is 53.2 Å². The lowest BCUT2D eigenvalue weighted by Gasteiger charge is -2.22. The lowest BCUT2D eigenvalue weighted by Crippen LogP contribution is -2.46. The van der Waals surface area contributed by atoms with Gasteiger partial charge in [0.25, 0.3) is 11.8 Å². The molecule has 67 heavy (non-hydrogen) atoms. The van der Waals surface area contributed by atoms with E-state index in [1.54, 1.807) is 0 Å². The van der Waals surface area contributed by atoms with Gasteiger partial charge in [-0.15, -0.1) is 0 Å². The summed E-state index contributed by atoms with van der Waals surface area (Å²) in [4.78, 5) is 114. The van der Waals surface area contributed by atoms with E-state index in [0.717, 1.165) is 21.9 Å². The number of carboxylic acid groups (broad SMARTS) is 1. The van der Waals surface area contributed by atoms with Crippen LogP contribution in [0.2, 0.25) is 0 Å². The first kappa shape index (κ1) is 58.8. The highest BCUT2D eigenvalue weighted by atomic mass is 16.5. The normalized spacial score (nSPS) is 10.6. The van der Waals surface area contributed by atoms with E-state index >= 15 is 0 Å². The number of hydrogen-bond donors (Lipinski definition) is 7. The number of carboxylic acids is 1. The average molecular weight is 959 g/mol. The van der Waals surface area contributed by atoms with E-state index in [1.165, 1.54) is 34.5 Å². The van der Waals surface area contributed by atoms with Crippen molar-refractivity contribution in [3.63, 3.8) is 0 Å². The van der Waals surface area contributed by atoms with Crippen LogP contribution in [0.25, 0.3) is 0 Å². The maximum Gasteiger partial charge on any atom is 0.335 e. The van der Waals surface area contributed by atoms with Gasteiger partial charge in [-0.3, -0.25) is 38.4 Å². The van der Waals surface area contributed by atoms with E-state index in [1.807, 2.05) is 0 Å². The molecule has 0 saturated heterocycles. The molecule has 0 spiro atoms. The summed E-state index contributed by atoms with van der Waals surface area (Å²) in [5, 5.41) is 25.0. The van der Waals surface area contributed by atoms with Crippen LogP contribution in [0.1, 0.15) is 23.2 Å². The number of carbonyl (C=O) groups excluding carboxylic acids is 8. The molecule has 0 aliphatic heterocycles. The van der Waals surface area contributed by atoms with E-state index in [9.17, 15) is 48.3 Å². The first-order valence-electron chi connectivity index (χ1n) is 21.1. The minimum absolute atomic E-state index is 0.00229. The molecule has 7 N–H and O–H groups in total. The van der Waals surface area contributed by atoms with E-state index in [0.29, 0.717) is 0 Å². The predicted octanol–water partition coefficient (Wildman–Crippen LogP) is -4.10. The first-order valence-corrected chi connectivity index (χ1v) is 21.1. The minimum Gasteiger partial charge on any atom is -0.484 e. The zero-order chi connectivity index (χ0) is 49.7. The molecule has 0 bridgehead atoms. The summed E-state index contributed by atoms with van der Waals surface area (Å²) >= 11 is 0. The molecule has 0 fully saturated rings. The molecule has 0 unspecified atom stereocenters. The number of ether oxygens (including phenoxy) is 8. The van der Waals surface area contributed by atoms with Crippen LogP contribution >= 0.6 is 0 Å². The Kier molecular flexibility index (Phi) is 32.5. The third-order valence-corrected chi connectivity index (χ3v) is 8.48. The SMILES string of the molecule is COCCNC(=O)CN(CC(=O)NCCOC)C(=O)CCOCCNC(=O)COc1cc(OCC(=O)NCCOCCC(=O)N(CC(=O)NCCOC)CC(=O)NCCOC)cc(C(=O)O)c1. The van der Waals surface area contributed by atoms with Crippen molar-refractivity contribution in [3.05, 3.63) is 23.8 Å². The number of carbonyl (C=O) groups is 9. The van der Waals surface area contributed by atoms with Crippen molar-refractivity contribution in [3.8, 4) is 11.5 Å². The molecule has 0 radical (unpaired) electrons. The van der Waals surface area contributed by atoms with Crippen molar-refractivity contribution in [2.75, 3.05) is 160 Å². The Morgan fingerprint density at radius 3 is 1.03 bits per heavy atom. The van der Waals surface area contributed by atoms with Gasteiger partial charge in [-0.1, -0.05) is 0 Å². The number of benzene rings is 1. The molecule has 0 aliphatic carbocycles. The van der Waals surface area contributed by atoms with Crippen molar-refractivity contribution < 1.29 is 86.2 Å². The Labute approximate surface area is 388 Å². The van der Waals surface area contributed by atoms with Crippen LogP contribution in [0.3, 0.4) is 0 Å². The van der Waals surface area contributed by atoms with Crippen LogP contribution in [0.4, 0.5) is 0 Å². The molecule has 0 aliphatic rings. The molecular weight excluding hydrogens is 892 g/mol. The molecule has 0 heterocycles. The highest BCUT2D eigenvalue weighted by molar-refractivity contribution is 5.90. The fourth-order valence-corrected chi connectivity index (χ4v) is 5.18. The second kappa shape index (κ2) is 37.0. The Morgan fingerprint density at radius 2 is 0.731 bits per heavy atom. The molecule has 1 rings (SSSR count). The second-order valence-corrected chi connectivity index (χ2v) is 13.9. The largest absolute Gasteiger partial charge is 0.484 e. The highest BCUT2D eigenvalue weighted by Crippen LogP contribution is 2.23. The molecule has 378 valence electrons. The molecule has 0 atom stereocenters. The number of nitrogens with zero attached hydrogens (tertiary/aromatic N) is 2. The Bertz CT molecular complexity index is 1550. The van der Waals surface area contributed by atoms with Crippen LogP contribution in [0.15, 0.2) is 18.2 Å². The van der Waals surface area contributed by atoms with Gasteiger partial charge in [0.05, 0.1) is 71.3 Å². The third kappa shape index (κ3) is 29.9. The molecule has 1 aromatic rings. The number of amides is 8. The van der Waals surface area contributed by atoms with Crippen LogP contribution < -0.4 is 41.4 Å². The summed E-state index contributed by atoms with van der Waals surface area (Å²) in [5.41, 5.74) is -0.242. The average Bonchev–Trinajstić information content (AvgIpc) is 3.29. The molecule has 26 heteroatoms. The number of hydrogen-bond acceptors (Lipinski definition) is 17. The standard InChI is InChI=1S/C41H66N8O18/c1-60-15-7-42-33(50)24-48(25-34(51)43-8-16-61-2)39(56)5-13-64-19-11-46-37(54)28-66-31-21-30(41(58)59)22-32(23-31)67-29-38(55)47-12-20-65-14-6-40(57)49(26-35(52)44-9-17-62-3)27-36(53)45-10-18-63-4/h21-23H,5-20,24-29H2,1-4H3,(H,42,50)(H,43,51)(H,44,52)(H,45,53)(H,46,54)(H,47,55)(H,58,59). The van der Waals surface area contributed by atoms with Gasteiger partial charge in [-0.05, 0) is 12.1 Å². The van der Waals surface area contributed by atoms with Gasteiger partial charge in [-0.25, -0.2) is 4.79 Å². The summed E-state index contributed by atoms with van der Waals surface area (Å²) in [7, 11) is 5.89. The summed E-state index contributed by atoms with van der Waals surface area (Å²) in [6.45, 7) is -0.600. The highest BCUT2D eigenvalue weighted by Gasteiger charge is 2.22. The van der Waals surface area contributed by atoms with Gasteiger partial charge in [0.15, 0.2) is 13.2 Å². The zero-order valence-electron chi connectivity index (χ0n) is 38.6. The van der Waals surface area contributed by atoms with Crippen LogP contribution in [0.5, 0.6) is 11.5 Å². The monoisotopic (exact) mass is 958 g/mol. The maximum absolute atomic E-state index is 12.8. The summed E-state index contributed by atoms with van der Waals surface area (Å²) in [6.07, 6.45) is -0.308. The van der Waals surface area contributed by atoms with E-state index < -0.39 is 66.4 Å². The number of methoxy groups -OCH3 is 4. The lowest BCUT2D eigenvalue weighted by molar-refractivity contribution is -0.140. The fraction of sp³-hybridized carbons (Fsp3) is 0.634. The Hall–Kier alpha value is -6.19. The van der Waals surface area contributed by atoms with Gasteiger partial charge in [0, 0.05) is 73.8 Å². The van der Waals surface area contributed by atoms with Gasteiger partial charge in [0.2, 0.25) is 35.4 Å². The Morgan fingerprint density at radius 1 is 0.433 bits per heavy atom. The number of aromatic carboxylic acids is 1. The van der Waals surface area contributed by atoms with Crippen LogP contribution in [-0.4, -0.2) is 228 Å². The first-order chi connectivity index (χ1) is 32.2. The summed E-state index contributed by atoms with van der Waals surface area (Å²) in [5.74, 6) is -5.50. The van der Waals surface area contributed by atoms with Gasteiger partial charge in [0.1, 0.15) is 37.7 Å². The zero-order valence-corrected chi connectivity index (χ0v) is 38.6. The minimum atomic E-state index is -1.33. The molecule has 1 aromatic carbocycles. The van der Waals surface area contributed by atoms with Gasteiger partial charge in [-0.2, -0.15) is 0 Å². The van der Waals surface area contributed by atoms with Crippen molar-refractivity contribution in [1.29, 1.82) is 0 Å². The molecule has 0 aromatic heterocycles. The van der Waals surface area contributed by atoms with E-state index in [4.69, 9.17) is 37.9 Å². The topological polar surface area (TPSA) is 326 Å². The van der Waals surface area contributed by atoms with E-state index in [2.05, 4.69) is 31.9 Å². The van der Waals surface area contributed by atoms with Crippen LogP contribution in [0, 0.1) is 0 Å². The van der Waals surface area contributed by atoms with Crippen molar-refractivity contribution in [1.82, 2.24) is 41.7 Å². The maximum atomic E-state index is 12.8. The second-order valence-electron chi connectivity index (χ2n) is 13.9. The molecule has 0 saturated carbocycles. The third-order valence-electron chi connectivity index (χ3n) is 8.48. The quantitative estimate of drug-likeness (QED) is 0.0309. The predicted molar refractivity (Wildman–Crippen MR) is 234 cm³/mol. The lowest BCUT2D eigenvalue weighted by atomic mass is 10.2. The smallest absolute Gasteiger partial charge is 0.335 e. The Balaban J connectivity index is 2.52. The fourth-order valence-electron chi connectivity index (χ4n) is 5.18. The number of rotatable bonds is 39. The summed E-state index contributed by atoms with van der Waals surface area (Å²) in [6, 6.07) is 3.61. The molecular formula is C41H66N8O18. The van der Waals surface area contributed by atoms with E-state index in [-0.39, 0.29) is 148 Å². The van der Waals surface area contributed by atoms with Crippen LogP contribution in [-0.2, 0) is 66.8 Å². The summed E-state index contributed by atoms with van der Waals surface area (Å²) < 4.78 is 41.4. The number of nitrogens with one attached hydrogen (secondary N) is 6. The van der Waals surface area contributed by atoms with Gasteiger partial charge < -0.3 is 84.7 Å². The molecule has 26 nitrogen and oxygen atoms in total. The van der Waals surface area contributed by atoms with Crippen molar-refractivity contribution in [2.45, 2.75) is 12.8 Å². The van der Waals surface area contributed by atoms with Crippen molar-refractivity contribution in [2.24, 2.45) is 0 Å². The van der Waals surface area contributed by atoms with Gasteiger partial charge >= 0.3 is 5.97 Å².